The minimum Gasteiger partial charge on any atom is -0.492 e. The molecule has 1 heterocycles. The Morgan fingerprint density at radius 1 is 1.00 bits per heavy atom. The highest BCUT2D eigenvalue weighted by Crippen LogP contribution is 2.28. The number of hydrogen-bond acceptors (Lipinski definition) is 6. The maximum Gasteiger partial charge on any atom is 0.339 e. The number of nitrogens with one attached hydrogen (secondary N) is 1. The number of carbonyl (C=O) groups is 2. The molecule has 1 N–H and O–H groups in total. The fourth-order valence-electron chi connectivity index (χ4n) is 3.20. The molecule has 162 valence electrons. The molecule has 0 bridgehead atoms. The number of esters is 1. The Hall–Kier alpha value is -4.13. The second kappa shape index (κ2) is 9.34. The summed E-state index contributed by atoms with van der Waals surface area (Å²) in [6.45, 7) is 3.83. The number of hydrogen-bond donors (Lipinski definition) is 1. The van der Waals surface area contributed by atoms with Gasteiger partial charge >= 0.3 is 5.97 Å². The Morgan fingerprint density at radius 2 is 1.72 bits per heavy atom. The Morgan fingerprint density at radius 3 is 2.53 bits per heavy atom. The summed E-state index contributed by atoms with van der Waals surface area (Å²) >= 11 is 0. The first-order valence-electron chi connectivity index (χ1n) is 10.3. The molecule has 0 saturated heterocycles. The molecule has 7 heteroatoms. The second-order valence-corrected chi connectivity index (χ2v) is 7.00. The third-order valence-corrected chi connectivity index (χ3v) is 4.77. The van der Waals surface area contributed by atoms with Gasteiger partial charge in [-0.15, -0.1) is 0 Å². The average Bonchev–Trinajstić information content (AvgIpc) is 3.24. The van der Waals surface area contributed by atoms with Gasteiger partial charge in [0.05, 0.1) is 23.4 Å². The molecule has 1 amide bonds. The number of oxazole rings is 1. The van der Waals surface area contributed by atoms with Crippen molar-refractivity contribution in [2.45, 2.75) is 20.0 Å². The molecule has 0 fully saturated rings. The maximum absolute atomic E-state index is 12.9. The van der Waals surface area contributed by atoms with E-state index < -0.39 is 18.0 Å². The van der Waals surface area contributed by atoms with E-state index in [1.807, 2.05) is 31.2 Å². The first-order valence-corrected chi connectivity index (χ1v) is 10.3. The van der Waals surface area contributed by atoms with Gasteiger partial charge in [0.25, 0.3) is 5.91 Å². The number of amides is 1. The lowest BCUT2D eigenvalue weighted by atomic mass is 10.1. The van der Waals surface area contributed by atoms with Crippen LogP contribution >= 0.6 is 0 Å². The third kappa shape index (κ3) is 4.46. The summed E-state index contributed by atoms with van der Waals surface area (Å²) in [6.07, 6.45) is -1.03. The highest BCUT2D eigenvalue weighted by atomic mass is 16.5. The lowest BCUT2D eigenvalue weighted by molar-refractivity contribution is -0.123. The van der Waals surface area contributed by atoms with Crippen LogP contribution in [-0.2, 0) is 9.53 Å². The van der Waals surface area contributed by atoms with Crippen LogP contribution < -0.4 is 10.1 Å². The van der Waals surface area contributed by atoms with Gasteiger partial charge in [-0.3, -0.25) is 4.79 Å². The van der Waals surface area contributed by atoms with Gasteiger partial charge in [-0.2, -0.15) is 0 Å². The zero-order chi connectivity index (χ0) is 22.5. The molecule has 1 unspecified atom stereocenters. The Labute approximate surface area is 185 Å². The minimum absolute atomic E-state index is 0.258. The standard InChI is InChI=1S/C25H22N2O5/c1-3-30-21-14-8-6-12-19(21)26-23(28)16(2)31-25(29)18-11-5-4-10-17(18)24-27-20-13-7-9-15-22(20)32-24/h4-16H,3H2,1-2H3,(H,26,28). The Bertz CT molecular complexity index is 1230. The number of ether oxygens (including phenoxy) is 2. The van der Waals surface area contributed by atoms with Crippen LogP contribution in [0.4, 0.5) is 5.69 Å². The molecule has 1 aromatic heterocycles. The molecule has 0 aliphatic rings. The van der Waals surface area contributed by atoms with Crippen molar-refractivity contribution in [1.29, 1.82) is 0 Å². The molecular weight excluding hydrogens is 408 g/mol. The molecule has 0 aliphatic heterocycles. The lowest BCUT2D eigenvalue weighted by Gasteiger charge is -2.16. The zero-order valence-corrected chi connectivity index (χ0v) is 17.7. The number of rotatable bonds is 7. The van der Waals surface area contributed by atoms with E-state index in [4.69, 9.17) is 13.9 Å². The van der Waals surface area contributed by atoms with E-state index in [2.05, 4.69) is 10.3 Å². The quantitative estimate of drug-likeness (QED) is 0.411. The van der Waals surface area contributed by atoms with E-state index in [1.165, 1.54) is 6.92 Å². The average molecular weight is 430 g/mol. The molecule has 0 spiro atoms. The van der Waals surface area contributed by atoms with Crippen LogP contribution in [0, 0.1) is 0 Å². The Kier molecular flexibility index (Phi) is 6.17. The zero-order valence-electron chi connectivity index (χ0n) is 17.7. The van der Waals surface area contributed by atoms with Crippen LogP contribution in [-0.4, -0.2) is 29.6 Å². The minimum atomic E-state index is -1.03. The van der Waals surface area contributed by atoms with E-state index in [9.17, 15) is 9.59 Å². The predicted octanol–water partition coefficient (Wildman–Crippen LogP) is 5.08. The fraction of sp³-hybridized carbons (Fsp3) is 0.160. The lowest BCUT2D eigenvalue weighted by Crippen LogP contribution is -2.30. The smallest absolute Gasteiger partial charge is 0.339 e. The van der Waals surface area contributed by atoms with Crippen LogP contribution in [0.25, 0.3) is 22.6 Å². The number of carbonyl (C=O) groups excluding carboxylic acids is 2. The van der Waals surface area contributed by atoms with E-state index in [1.54, 1.807) is 48.5 Å². The van der Waals surface area contributed by atoms with E-state index in [0.717, 1.165) is 0 Å². The monoisotopic (exact) mass is 430 g/mol. The summed E-state index contributed by atoms with van der Waals surface area (Å²) in [5, 5.41) is 2.74. The van der Waals surface area contributed by atoms with Gasteiger partial charge in [0.15, 0.2) is 11.7 Å². The van der Waals surface area contributed by atoms with Gasteiger partial charge in [-0.25, -0.2) is 9.78 Å². The summed E-state index contributed by atoms with van der Waals surface area (Å²) in [7, 11) is 0. The number of para-hydroxylation sites is 4. The molecule has 1 atom stereocenters. The van der Waals surface area contributed by atoms with Gasteiger partial charge in [0.1, 0.15) is 11.3 Å². The van der Waals surface area contributed by atoms with E-state index >= 15 is 0 Å². The first kappa shape index (κ1) is 21.1. The van der Waals surface area contributed by atoms with Gasteiger partial charge in [0.2, 0.25) is 5.89 Å². The van der Waals surface area contributed by atoms with Crippen molar-refractivity contribution in [2.24, 2.45) is 0 Å². The van der Waals surface area contributed by atoms with Gasteiger partial charge in [-0.05, 0) is 50.2 Å². The number of aromatic nitrogens is 1. The van der Waals surface area contributed by atoms with E-state index in [-0.39, 0.29) is 5.56 Å². The molecule has 32 heavy (non-hydrogen) atoms. The summed E-state index contributed by atoms with van der Waals surface area (Å²) < 4.78 is 16.8. The molecule has 0 saturated carbocycles. The van der Waals surface area contributed by atoms with Gasteiger partial charge in [0, 0.05) is 0 Å². The van der Waals surface area contributed by atoms with Crippen molar-refractivity contribution >= 4 is 28.7 Å². The van der Waals surface area contributed by atoms with Crippen LogP contribution in [0.2, 0.25) is 0 Å². The van der Waals surface area contributed by atoms with Crippen molar-refractivity contribution in [3.63, 3.8) is 0 Å². The number of nitrogens with zero attached hydrogens (tertiary/aromatic N) is 1. The maximum atomic E-state index is 12.9. The second-order valence-electron chi connectivity index (χ2n) is 7.00. The predicted molar refractivity (Wildman–Crippen MR) is 121 cm³/mol. The van der Waals surface area contributed by atoms with E-state index in [0.29, 0.717) is 40.6 Å². The molecule has 0 aliphatic carbocycles. The van der Waals surface area contributed by atoms with Crippen molar-refractivity contribution in [1.82, 2.24) is 4.98 Å². The summed E-state index contributed by atoms with van der Waals surface area (Å²) in [6, 6.07) is 21.2. The highest BCUT2D eigenvalue weighted by Gasteiger charge is 2.23. The first-order chi connectivity index (χ1) is 15.6. The molecule has 4 rings (SSSR count). The largest absolute Gasteiger partial charge is 0.492 e. The molecule has 3 aromatic carbocycles. The summed E-state index contributed by atoms with van der Waals surface area (Å²) in [4.78, 5) is 30.0. The van der Waals surface area contributed by atoms with Crippen molar-refractivity contribution in [3.8, 4) is 17.2 Å². The molecule has 4 aromatic rings. The SMILES string of the molecule is CCOc1ccccc1NC(=O)C(C)OC(=O)c1ccccc1-c1nc2ccccc2o1. The van der Waals surface area contributed by atoms with Gasteiger partial charge in [-0.1, -0.05) is 36.4 Å². The number of anilines is 1. The van der Waals surface area contributed by atoms with Crippen LogP contribution in [0.5, 0.6) is 5.75 Å². The number of fused-ring (bicyclic) bond motifs is 1. The fourth-order valence-corrected chi connectivity index (χ4v) is 3.20. The topological polar surface area (TPSA) is 90.7 Å². The van der Waals surface area contributed by atoms with Crippen LogP contribution in [0.1, 0.15) is 24.2 Å². The van der Waals surface area contributed by atoms with Gasteiger partial charge < -0.3 is 19.2 Å². The Balaban J connectivity index is 1.51. The van der Waals surface area contributed by atoms with Crippen molar-refractivity contribution in [2.75, 3.05) is 11.9 Å². The highest BCUT2D eigenvalue weighted by molar-refractivity contribution is 6.00. The van der Waals surface area contributed by atoms with Crippen LogP contribution in [0.15, 0.2) is 77.2 Å². The summed E-state index contributed by atoms with van der Waals surface area (Å²) in [5.41, 5.74) is 2.56. The van der Waals surface area contributed by atoms with Crippen molar-refractivity contribution < 1.29 is 23.5 Å². The molecule has 7 nitrogen and oxygen atoms in total. The molecular formula is C25H22N2O5. The van der Waals surface area contributed by atoms with Crippen LogP contribution in [0.3, 0.4) is 0 Å². The molecule has 0 radical (unpaired) electrons. The van der Waals surface area contributed by atoms with Crippen molar-refractivity contribution in [3.05, 3.63) is 78.4 Å². The normalized spacial score (nSPS) is 11.7. The number of benzene rings is 3. The third-order valence-electron chi connectivity index (χ3n) is 4.77. The summed E-state index contributed by atoms with van der Waals surface area (Å²) in [5.74, 6) is -0.266.